The molecule has 0 aromatic heterocycles. The number of hydrogen-bond acceptors (Lipinski definition) is 3. The highest BCUT2D eigenvalue weighted by Crippen LogP contribution is 2.08. The summed E-state index contributed by atoms with van der Waals surface area (Å²) in [5.41, 5.74) is 6.88. The molecule has 96 valence electrons. The summed E-state index contributed by atoms with van der Waals surface area (Å²) in [5, 5.41) is 2.74. The van der Waals surface area contributed by atoms with Crippen molar-refractivity contribution in [3.05, 3.63) is 29.8 Å². The summed E-state index contributed by atoms with van der Waals surface area (Å²) in [6.07, 6.45) is 0.0460. The molecular weight excluding hydrogens is 228 g/mol. The van der Waals surface area contributed by atoms with Crippen LogP contribution in [-0.2, 0) is 9.53 Å². The van der Waals surface area contributed by atoms with Crippen LogP contribution in [0.5, 0.6) is 0 Å². The number of carbonyl (C=O) groups is 1. The Labute approximate surface area is 108 Å². The minimum Gasteiger partial charge on any atom is -0.369 e. The zero-order chi connectivity index (χ0) is 13.4. The average molecular weight is 246 g/mol. The van der Waals surface area contributed by atoms with Crippen LogP contribution in [0, 0.1) is 11.8 Å². The molecule has 4 heteroatoms. The van der Waals surface area contributed by atoms with E-state index in [1.807, 2.05) is 26.0 Å². The van der Waals surface area contributed by atoms with E-state index in [0.717, 1.165) is 11.3 Å². The molecular formula is C14H18N2O2. The van der Waals surface area contributed by atoms with E-state index in [2.05, 4.69) is 17.2 Å². The van der Waals surface area contributed by atoms with Crippen LogP contribution in [0.3, 0.4) is 0 Å². The van der Waals surface area contributed by atoms with Crippen LogP contribution in [0.4, 0.5) is 5.69 Å². The van der Waals surface area contributed by atoms with Crippen molar-refractivity contribution in [2.75, 3.05) is 18.5 Å². The van der Waals surface area contributed by atoms with E-state index in [0.29, 0.717) is 6.54 Å². The van der Waals surface area contributed by atoms with E-state index in [4.69, 9.17) is 10.5 Å². The second-order valence-corrected chi connectivity index (χ2v) is 3.99. The maximum atomic E-state index is 11.5. The zero-order valence-electron chi connectivity index (χ0n) is 10.7. The Morgan fingerprint density at radius 1 is 1.39 bits per heavy atom. The summed E-state index contributed by atoms with van der Waals surface area (Å²) in [6.45, 7) is 4.17. The van der Waals surface area contributed by atoms with E-state index >= 15 is 0 Å². The molecule has 0 unspecified atom stereocenters. The van der Waals surface area contributed by atoms with Gasteiger partial charge >= 0.3 is 0 Å². The molecule has 3 N–H and O–H groups in total. The molecule has 1 aromatic rings. The van der Waals surface area contributed by atoms with Gasteiger partial charge in [-0.15, -0.1) is 0 Å². The summed E-state index contributed by atoms with van der Waals surface area (Å²) in [5.74, 6) is 5.52. The Morgan fingerprint density at radius 2 is 2.06 bits per heavy atom. The van der Waals surface area contributed by atoms with Crippen LogP contribution in [-0.4, -0.2) is 25.2 Å². The molecule has 0 heterocycles. The molecule has 0 saturated carbocycles. The molecule has 0 aliphatic rings. The lowest BCUT2D eigenvalue weighted by molar-refractivity contribution is -0.121. The Kier molecular flexibility index (Phi) is 5.92. The van der Waals surface area contributed by atoms with E-state index < -0.39 is 0 Å². The van der Waals surface area contributed by atoms with E-state index in [9.17, 15) is 4.79 Å². The lowest BCUT2D eigenvalue weighted by Crippen LogP contribution is -2.20. The largest absolute Gasteiger partial charge is 0.369 e. The summed E-state index contributed by atoms with van der Waals surface area (Å²) < 4.78 is 5.20. The second kappa shape index (κ2) is 7.49. The predicted octanol–water partition coefficient (Wildman–Crippen LogP) is 1.36. The van der Waals surface area contributed by atoms with Crippen LogP contribution in [0.25, 0.3) is 0 Å². The maximum absolute atomic E-state index is 11.5. The van der Waals surface area contributed by atoms with Gasteiger partial charge < -0.3 is 15.8 Å². The average Bonchev–Trinajstić information content (AvgIpc) is 2.35. The van der Waals surface area contributed by atoms with Crippen LogP contribution >= 0.6 is 0 Å². The van der Waals surface area contributed by atoms with Crippen molar-refractivity contribution < 1.29 is 9.53 Å². The molecule has 1 amide bonds. The molecule has 0 bridgehead atoms. The van der Waals surface area contributed by atoms with Crippen molar-refractivity contribution in [3.8, 4) is 11.8 Å². The van der Waals surface area contributed by atoms with Crippen molar-refractivity contribution in [2.45, 2.75) is 20.0 Å². The van der Waals surface area contributed by atoms with Gasteiger partial charge in [0.05, 0.1) is 12.6 Å². The molecule has 1 rings (SSSR count). The van der Waals surface area contributed by atoms with Crippen molar-refractivity contribution in [1.82, 2.24) is 0 Å². The van der Waals surface area contributed by atoms with E-state index in [1.54, 1.807) is 12.1 Å². The van der Waals surface area contributed by atoms with Crippen molar-refractivity contribution in [2.24, 2.45) is 5.73 Å². The van der Waals surface area contributed by atoms with Crippen LogP contribution in [0.1, 0.15) is 19.4 Å². The number of nitrogens with one attached hydrogen (secondary N) is 1. The molecule has 0 aliphatic heterocycles. The van der Waals surface area contributed by atoms with Crippen molar-refractivity contribution in [3.63, 3.8) is 0 Å². The number of hydrogen-bond donors (Lipinski definition) is 2. The Balaban J connectivity index is 2.50. The monoisotopic (exact) mass is 246 g/mol. The SMILES string of the molecule is CC(C)OCC(=O)Nc1ccc(C#CCN)cc1. The number of benzene rings is 1. The fraction of sp³-hybridized carbons (Fsp3) is 0.357. The molecule has 4 nitrogen and oxygen atoms in total. The lowest BCUT2D eigenvalue weighted by Gasteiger charge is -2.08. The van der Waals surface area contributed by atoms with Crippen molar-refractivity contribution >= 4 is 11.6 Å². The molecule has 0 spiro atoms. The summed E-state index contributed by atoms with van der Waals surface area (Å²) in [6, 6.07) is 7.27. The minimum atomic E-state index is -0.163. The quantitative estimate of drug-likeness (QED) is 0.788. The molecule has 0 radical (unpaired) electrons. The molecule has 18 heavy (non-hydrogen) atoms. The normalized spacial score (nSPS) is 9.78. The first-order valence-corrected chi connectivity index (χ1v) is 5.82. The lowest BCUT2D eigenvalue weighted by atomic mass is 10.2. The fourth-order valence-electron chi connectivity index (χ4n) is 1.23. The van der Waals surface area contributed by atoms with Crippen molar-refractivity contribution in [1.29, 1.82) is 0 Å². The van der Waals surface area contributed by atoms with Gasteiger partial charge in [-0.3, -0.25) is 4.79 Å². The topological polar surface area (TPSA) is 64.3 Å². The first-order valence-electron chi connectivity index (χ1n) is 5.82. The number of anilines is 1. The molecule has 0 fully saturated rings. The molecule has 0 atom stereocenters. The summed E-state index contributed by atoms with van der Waals surface area (Å²) >= 11 is 0. The van der Waals surface area contributed by atoms with E-state index in [-0.39, 0.29) is 18.6 Å². The van der Waals surface area contributed by atoms with Gasteiger partial charge in [-0.25, -0.2) is 0 Å². The highest BCUT2D eigenvalue weighted by molar-refractivity contribution is 5.91. The summed E-state index contributed by atoms with van der Waals surface area (Å²) in [7, 11) is 0. The first-order chi connectivity index (χ1) is 8.61. The van der Waals surface area contributed by atoms with Gasteiger partial charge in [-0.05, 0) is 38.1 Å². The maximum Gasteiger partial charge on any atom is 0.250 e. The fourth-order valence-corrected chi connectivity index (χ4v) is 1.23. The van der Waals surface area contributed by atoms with Gasteiger partial charge in [0.25, 0.3) is 0 Å². The molecule has 0 aliphatic carbocycles. The zero-order valence-corrected chi connectivity index (χ0v) is 10.7. The third-order valence-electron chi connectivity index (χ3n) is 2.05. The van der Waals surface area contributed by atoms with Gasteiger partial charge in [-0.1, -0.05) is 11.8 Å². The Morgan fingerprint density at radius 3 is 2.61 bits per heavy atom. The molecule has 1 aromatic carbocycles. The minimum absolute atomic E-state index is 0.0460. The van der Waals surface area contributed by atoms with Gasteiger partial charge in [0.1, 0.15) is 6.61 Å². The smallest absolute Gasteiger partial charge is 0.250 e. The Hall–Kier alpha value is -1.83. The number of nitrogens with two attached hydrogens (primary N) is 1. The second-order valence-electron chi connectivity index (χ2n) is 3.99. The molecule has 0 saturated heterocycles. The van der Waals surface area contributed by atoms with Crippen LogP contribution in [0.15, 0.2) is 24.3 Å². The first kappa shape index (κ1) is 14.2. The van der Waals surface area contributed by atoms with Gasteiger partial charge in [0.15, 0.2) is 0 Å². The number of rotatable bonds is 4. The van der Waals surface area contributed by atoms with Gasteiger partial charge in [0.2, 0.25) is 5.91 Å². The van der Waals surface area contributed by atoms with Gasteiger partial charge in [-0.2, -0.15) is 0 Å². The van der Waals surface area contributed by atoms with Crippen LogP contribution < -0.4 is 11.1 Å². The third kappa shape index (κ3) is 5.48. The van der Waals surface area contributed by atoms with Gasteiger partial charge in [0, 0.05) is 11.3 Å². The third-order valence-corrected chi connectivity index (χ3v) is 2.05. The predicted molar refractivity (Wildman–Crippen MR) is 72.1 cm³/mol. The number of ether oxygens (including phenoxy) is 1. The standard InChI is InChI=1S/C14H18N2O2/c1-11(2)18-10-14(17)16-13-7-5-12(6-8-13)4-3-9-15/h5-8,11H,9-10,15H2,1-2H3,(H,16,17). The number of carbonyl (C=O) groups excluding carboxylic acids is 1. The number of amides is 1. The highest BCUT2D eigenvalue weighted by Gasteiger charge is 2.03. The van der Waals surface area contributed by atoms with E-state index in [1.165, 1.54) is 0 Å². The van der Waals surface area contributed by atoms with Crippen LogP contribution in [0.2, 0.25) is 0 Å². The Bertz CT molecular complexity index is 441. The summed E-state index contributed by atoms with van der Waals surface area (Å²) in [4.78, 5) is 11.5. The highest BCUT2D eigenvalue weighted by atomic mass is 16.5.